The first kappa shape index (κ1) is 13.3. The molecule has 0 fully saturated rings. The molecular formula is C14H16IN3. The van der Waals surface area contributed by atoms with E-state index in [1.807, 2.05) is 25.1 Å². The van der Waals surface area contributed by atoms with E-state index in [-0.39, 0.29) is 0 Å². The van der Waals surface area contributed by atoms with Gasteiger partial charge in [-0.3, -0.25) is 0 Å². The first-order valence-corrected chi connectivity index (χ1v) is 7.09. The highest BCUT2D eigenvalue weighted by molar-refractivity contribution is 14.1. The van der Waals surface area contributed by atoms with Crippen LogP contribution in [-0.4, -0.2) is 16.5 Å². The standard InChI is InChI=1S/C14H16IN3/c1-3-16-14-13(15)10(2)17-12(18-14)9-11-7-5-4-6-8-11/h4-8H,3,9H2,1-2H3,(H,16,17,18). The van der Waals surface area contributed by atoms with Crippen LogP contribution in [0.1, 0.15) is 24.0 Å². The molecule has 1 aromatic heterocycles. The van der Waals surface area contributed by atoms with Gasteiger partial charge in [0.05, 0.1) is 9.26 Å². The Bertz CT molecular complexity index is 526. The van der Waals surface area contributed by atoms with E-state index in [0.29, 0.717) is 0 Å². The second kappa shape index (κ2) is 6.13. The van der Waals surface area contributed by atoms with Crippen molar-refractivity contribution in [3.63, 3.8) is 0 Å². The highest BCUT2D eigenvalue weighted by atomic mass is 127. The number of aromatic nitrogens is 2. The summed E-state index contributed by atoms with van der Waals surface area (Å²) in [5.41, 5.74) is 2.27. The van der Waals surface area contributed by atoms with Gasteiger partial charge in [-0.1, -0.05) is 30.3 Å². The molecule has 0 aliphatic rings. The molecule has 0 aliphatic heterocycles. The lowest BCUT2D eigenvalue weighted by atomic mass is 10.1. The maximum atomic E-state index is 4.59. The first-order valence-electron chi connectivity index (χ1n) is 6.01. The van der Waals surface area contributed by atoms with Gasteiger partial charge in [0.1, 0.15) is 11.6 Å². The first-order chi connectivity index (χ1) is 8.70. The van der Waals surface area contributed by atoms with E-state index in [2.05, 4.69) is 56.9 Å². The Balaban J connectivity index is 2.28. The van der Waals surface area contributed by atoms with E-state index in [1.165, 1.54) is 5.56 Å². The van der Waals surface area contributed by atoms with Gasteiger partial charge < -0.3 is 5.32 Å². The number of aryl methyl sites for hydroxylation is 1. The van der Waals surface area contributed by atoms with Crippen molar-refractivity contribution < 1.29 is 0 Å². The van der Waals surface area contributed by atoms with E-state index in [9.17, 15) is 0 Å². The van der Waals surface area contributed by atoms with E-state index in [4.69, 9.17) is 0 Å². The fraction of sp³-hybridized carbons (Fsp3) is 0.286. The number of nitrogens with one attached hydrogen (secondary N) is 1. The molecule has 0 saturated carbocycles. The van der Waals surface area contributed by atoms with Crippen LogP contribution in [0.25, 0.3) is 0 Å². The summed E-state index contributed by atoms with van der Waals surface area (Å²) in [6.07, 6.45) is 0.775. The number of halogens is 1. The van der Waals surface area contributed by atoms with Crippen LogP contribution < -0.4 is 5.32 Å². The Morgan fingerprint density at radius 3 is 2.56 bits per heavy atom. The molecular weight excluding hydrogens is 337 g/mol. The van der Waals surface area contributed by atoms with Crippen LogP contribution in [0, 0.1) is 10.5 Å². The van der Waals surface area contributed by atoms with Crippen molar-refractivity contribution in [2.75, 3.05) is 11.9 Å². The monoisotopic (exact) mass is 353 g/mol. The highest BCUT2D eigenvalue weighted by Gasteiger charge is 2.08. The van der Waals surface area contributed by atoms with Crippen molar-refractivity contribution in [1.29, 1.82) is 0 Å². The van der Waals surface area contributed by atoms with Crippen LogP contribution in [0.3, 0.4) is 0 Å². The van der Waals surface area contributed by atoms with Gasteiger partial charge in [-0.25, -0.2) is 9.97 Å². The zero-order valence-corrected chi connectivity index (χ0v) is 12.7. The van der Waals surface area contributed by atoms with Crippen molar-refractivity contribution in [3.8, 4) is 0 Å². The van der Waals surface area contributed by atoms with Crippen LogP contribution in [0.15, 0.2) is 30.3 Å². The van der Waals surface area contributed by atoms with E-state index in [1.54, 1.807) is 0 Å². The van der Waals surface area contributed by atoms with Gasteiger partial charge in [0.2, 0.25) is 0 Å². The summed E-state index contributed by atoms with van der Waals surface area (Å²) in [6.45, 7) is 4.97. The van der Waals surface area contributed by atoms with E-state index >= 15 is 0 Å². The Labute approximate surface area is 121 Å². The maximum Gasteiger partial charge on any atom is 0.143 e. The van der Waals surface area contributed by atoms with E-state index < -0.39 is 0 Å². The SMILES string of the molecule is CCNc1nc(Cc2ccccc2)nc(C)c1I. The topological polar surface area (TPSA) is 37.8 Å². The lowest BCUT2D eigenvalue weighted by molar-refractivity contribution is 0.929. The smallest absolute Gasteiger partial charge is 0.143 e. The number of nitrogens with zero attached hydrogens (tertiary/aromatic N) is 2. The number of benzene rings is 1. The second-order valence-corrected chi connectivity index (χ2v) is 5.16. The zero-order chi connectivity index (χ0) is 13.0. The average Bonchev–Trinajstić information content (AvgIpc) is 2.37. The molecule has 18 heavy (non-hydrogen) atoms. The third-order valence-corrected chi connectivity index (χ3v) is 3.90. The largest absolute Gasteiger partial charge is 0.369 e. The summed E-state index contributed by atoms with van der Waals surface area (Å²) < 4.78 is 1.10. The fourth-order valence-electron chi connectivity index (χ4n) is 1.76. The lowest BCUT2D eigenvalue weighted by Gasteiger charge is -2.10. The summed E-state index contributed by atoms with van der Waals surface area (Å²) in [5.74, 6) is 1.81. The van der Waals surface area contributed by atoms with Crippen molar-refractivity contribution >= 4 is 28.4 Å². The van der Waals surface area contributed by atoms with Gasteiger partial charge in [-0.05, 0) is 42.0 Å². The van der Waals surface area contributed by atoms with Crippen LogP contribution >= 0.6 is 22.6 Å². The maximum absolute atomic E-state index is 4.59. The third kappa shape index (κ3) is 3.19. The highest BCUT2D eigenvalue weighted by Crippen LogP contribution is 2.19. The molecule has 3 nitrogen and oxygen atoms in total. The van der Waals surface area contributed by atoms with Gasteiger partial charge in [-0.15, -0.1) is 0 Å². The summed E-state index contributed by atoms with van der Waals surface area (Å²) in [7, 11) is 0. The molecule has 0 radical (unpaired) electrons. The van der Waals surface area contributed by atoms with Crippen molar-refractivity contribution in [2.45, 2.75) is 20.3 Å². The quantitative estimate of drug-likeness (QED) is 0.856. The van der Waals surface area contributed by atoms with Gasteiger partial charge in [0.25, 0.3) is 0 Å². The van der Waals surface area contributed by atoms with Crippen molar-refractivity contribution in [1.82, 2.24) is 9.97 Å². The molecule has 1 heterocycles. The summed E-state index contributed by atoms with van der Waals surface area (Å²) in [5, 5.41) is 3.28. The molecule has 0 spiro atoms. The normalized spacial score (nSPS) is 10.4. The third-order valence-electron chi connectivity index (χ3n) is 2.61. The lowest BCUT2D eigenvalue weighted by Crippen LogP contribution is -2.08. The second-order valence-electron chi connectivity index (χ2n) is 4.08. The molecule has 4 heteroatoms. The van der Waals surface area contributed by atoms with Crippen LogP contribution in [-0.2, 0) is 6.42 Å². The van der Waals surface area contributed by atoms with Crippen molar-refractivity contribution in [2.24, 2.45) is 0 Å². The van der Waals surface area contributed by atoms with Gasteiger partial charge >= 0.3 is 0 Å². The van der Waals surface area contributed by atoms with Crippen molar-refractivity contribution in [3.05, 3.63) is 51.0 Å². The fourth-order valence-corrected chi connectivity index (χ4v) is 2.19. The Morgan fingerprint density at radius 1 is 1.17 bits per heavy atom. The molecule has 2 aromatic rings. The van der Waals surface area contributed by atoms with Gasteiger partial charge in [-0.2, -0.15) is 0 Å². The predicted molar refractivity (Wildman–Crippen MR) is 82.9 cm³/mol. The molecule has 0 bridgehead atoms. The number of anilines is 1. The molecule has 1 aromatic carbocycles. The van der Waals surface area contributed by atoms with Crippen LogP contribution in [0.4, 0.5) is 5.82 Å². The van der Waals surface area contributed by atoms with Gasteiger partial charge in [0, 0.05) is 13.0 Å². The minimum absolute atomic E-state index is 0.775. The average molecular weight is 353 g/mol. The number of rotatable bonds is 4. The van der Waals surface area contributed by atoms with Crippen LogP contribution in [0.2, 0.25) is 0 Å². The molecule has 1 N–H and O–H groups in total. The molecule has 2 rings (SSSR count). The minimum atomic E-state index is 0.775. The number of hydrogen-bond donors (Lipinski definition) is 1. The molecule has 0 saturated heterocycles. The van der Waals surface area contributed by atoms with E-state index in [0.717, 1.165) is 33.9 Å². The summed E-state index contributed by atoms with van der Waals surface area (Å²) in [4.78, 5) is 9.14. The number of hydrogen-bond acceptors (Lipinski definition) is 3. The summed E-state index contributed by atoms with van der Waals surface area (Å²) >= 11 is 2.29. The molecule has 0 aliphatic carbocycles. The molecule has 0 unspecified atom stereocenters. The Morgan fingerprint density at radius 2 is 1.89 bits per heavy atom. The molecule has 0 amide bonds. The predicted octanol–water partition coefficient (Wildman–Crippen LogP) is 3.41. The Kier molecular flexibility index (Phi) is 4.52. The van der Waals surface area contributed by atoms with Crippen LogP contribution in [0.5, 0.6) is 0 Å². The molecule has 0 atom stereocenters. The Hall–Kier alpha value is -1.17. The minimum Gasteiger partial charge on any atom is -0.369 e. The zero-order valence-electron chi connectivity index (χ0n) is 10.6. The molecule has 94 valence electrons. The van der Waals surface area contributed by atoms with Gasteiger partial charge in [0.15, 0.2) is 0 Å². The summed E-state index contributed by atoms with van der Waals surface area (Å²) in [6, 6.07) is 10.3.